The number of carboxylic acid groups (broad SMARTS) is 1. The Balaban J connectivity index is 2.35. The summed E-state index contributed by atoms with van der Waals surface area (Å²) in [7, 11) is 1.54. The molecule has 0 amide bonds. The van der Waals surface area contributed by atoms with E-state index < -0.39 is 5.97 Å². The van der Waals surface area contributed by atoms with Crippen molar-refractivity contribution in [1.82, 2.24) is 4.57 Å². The Labute approximate surface area is 116 Å². The molecule has 0 aliphatic rings. The number of hydrogen-bond acceptors (Lipinski definition) is 2. The molecule has 19 heavy (non-hydrogen) atoms. The molecule has 0 aliphatic carbocycles. The van der Waals surface area contributed by atoms with Crippen molar-refractivity contribution in [1.29, 1.82) is 0 Å². The average molecular weight is 280 g/mol. The second kappa shape index (κ2) is 5.91. The number of aromatic carboxylic acids is 1. The number of hydrogen-bond donors (Lipinski definition) is 1. The van der Waals surface area contributed by atoms with Gasteiger partial charge >= 0.3 is 5.97 Å². The molecule has 0 bridgehead atoms. The van der Waals surface area contributed by atoms with Crippen LogP contribution in [0, 0.1) is 0 Å². The van der Waals surface area contributed by atoms with E-state index in [2.05, 4.69) is 0 Å². The lowest BCUT2D eigenvalue weighted by Gasteiger charge is -2.11. The van der Waals surface area contributed by atoms with E-state index in [0.29, 0.717) is 17.3 Å². The Kier molecular flexibility index (Phi) is 4.24. The maximum atomic E-state index is 11.1. The first-order valence-corrected chi connectivity index (χ1v) is 6.15. The lowest BCUT2D eigenvalue weighted by molar-refractivity contribution is 0.0691. The van der Waals surface area contributed by atoms with Gasteiger partial charge in [-0.05, 0) is 17.7 Å². The van der Waals surface area contributed by atoms with Crippen molar-refractivity contribution < 1.29 is 14.6 Å². The molecule has 0 radical (unpaired) electrons. The monoisotopic (exact) mass is 279 g/mol. The van der Waals surface area contributed by atoms with Crippen molar-refractivity contribution >= 4 is 17.6 Å². The second-order valence-corrected chi connectivity index (χ2v) is 4.54. The zero-order valence-electron chi connectivity index (χ0n) is 10.5. The third kappa shape index (κ3) is 2.97. The van der Waals surface area contributed by atoms with E-state index in [-0.39, 0.29) is 12.2 Å². The highest BCUT2D eigenvalue weighted by Crippen LogP contribution is 2.19. The molecule has 100 valence electrons. The van der Waals surface area contributed by atoms with Crippen LogP contribution in [0.4, 0.5) is 0 Å². The van der Waals surface area contributed by atoms with Gasteiger partial charge in [0, 0.05) is 24.9 Å². The fourth-order valence-electron chi connectivity index (χ4n) is 1.96. The van der Waals surface area contributed by atoms with E-state index in [9.17, 15) is 4.79 Å². The summed E-state index contributed by atoms with van der Waals surface area (Å²) in [6.45, 7) is 0.769. The molecule has 0 unspecified atom stereocenters. The van der Waals surface area contributed by atoms with E-state index in [1.165, 1.54) is 0 Å². The van der Waals surface area contributed by atoms with Crippen molar-refractivity contribution in [3.05, 3.63) is 58.4 Å². The van der Waals surface area contributed by atoms with Crippen molar-refractivity contribution in [2.45, 2.75) is 13.2 Å². The smallest absolute Gasteiger partial charge is 0.337 e. The lowest BCUT2D eigenvalue weighted by Crippen LogP contribution is -2.09. The molecule has 2 rings (SSSR count). The van der Waals surface area contributed by atoms with Gasteiger partial charge in [-0.1, -0.05) is 29.8 Å². The summed E-state index contributed by atoms with van der Waals surface area (Å²) in [6, 6.07) is 9.07. The van der Waals surface area contributed by atoms with E-state index in [1.807, 2.05) is 28.8 Å². The zero-order valence-corrected chi connectivity index (χ0v) is 11.2. The Bertz CT molecular complexity index is 592. The zero-order chi connectivity index (χ0) is 13.8. The molecule has 0 spiro atoms. The van der Waals surface area contributed by atoms with Gasteiger partial charge in [0.1, 0.15) is 0 Å². The van der Waals surface area contributed by atoms with E-state index in [0.717, 1.165) is 5.56 Å². The fourth-order valence-corrected chi connectivity index (χ4v) is 2.15. The van der Waals surface area contributed by atoms with Crippen molar-refractivity contribution in [2.24, 2.45) is 0 Å². The molecular formula is C14H14ClNO3. The molecule has 1 heterocycles. The van der Waals surface area contributed by atoms with Crippen molar-refractivity contribution in [3.8, 4) is 0 Å². The Morgan fingerprint density at radius 1 is 1.37 bits per heavy atom. The molecule has 0 saturated carbocycles. The van der Waals surface area contributed by atoms with Gasteiger partial charge in [-0.15, -0.1) is 0 Å². The quantitative estimate of drug-likeness (QED) is 0.915. The molecular weight excluding hydrogens is 266 g/mol. The first kappa shape index (κ1) is 13.6. The summed E-state index contributed by atoms with van der Waals surface area (Å²) in [5.74, 6) is -0.954. The van der Waals surface area contributed by atoms with Gasteiger partial charge < -0.3 is 14.4 Å². The maximum Gasteiger partial charge on any atom is 0.337 e. The fraction of sp³-hybridized carbons (Fsp3) is 0.214. The van der Waals surface area contributed by atoms with Crippen LogP contribution < -0.4 is 0 Å². The average Bonchev–Trinajstić information content (AvgIpc) is 2.76. The van der Waals surface area contributed by atoms with E-state index in [1.54, 1.807) is 19.4 Å². The minimum Gasteiger partial charge on any atom is -0.478 e. The summed E-state index contributed by atoms with van der Waals surface area (Å²) in [4.78, 5) is 11.1. The van der Waals surface area contributed by atoms with Gasteiger partial charge in [-0.2, -0.15) is 0 Å². The van der Waals surface area contributed by atoms with Gasteiger partial charge in [0.15, 0.2) is 0 Å². The molecule has 0 saturated heterocycles. The number of benzene rings is 1. The molecule has 1 aromatic carbocycles. The second-order valence-electron chi connectivity index (χ2n) is 4.13. The van der Waals surface area contributed by atoms with Gasteiger partial charge in [0.05, 0.1) is 17.9 Å². The SMILES string of the molecule is COCc1c(C(=O)O)ccn1Cc1ccccc1Cl. The third-order valence-corrected chi connectivity index (χ3v) is 3.26. The first-order valence-electron chi connectivity index (χ1n) is 5.77. The largest absolute Gasteiger partial charge is 0.478 e. The van der Waals surface area contributed by atoms with Gasteiger partial charge in [-0.3, -0.25) is 0 Å². The molecule has 5 heteroatoms. The van der Waals surface area contributed by atoms with Gasteiger partial charge in [0.25, 0.3) is 0 Å². The minimum absolute atomic E-state index is 0.249. The Morgan fingerprint density at radius 2 is 2.11 bits per heavy atom. The van der Waals surface area contributed by atoms with Crippen molar-refractivity contribution in [2.75, 3.05) is 7.11 Å². The third-order valence-electron chi connectivity index (χ3n) is 2.89. The molecule has 0 atom stereocenters. The number of halogens is 1. The molecule has 1 N–H and O–H groups in total. The van der Waals surface area contributed by atoms with Crippen LogP contribution in [0.25, 0.3) is 0 Å². The molecule has 4 nitrogen and oxygen atoms in total. The Morgan fingerprint density at radius 3 is 2.74 bits per heavy atom. The van der Waals surface area contributed by atoms with Crippen LogP contribution in [0.5, 0.6) is 0 Å². The van der Waals surface area contributed by atoms with Crippen LogP contribution in [-0.4, -0.2) is 22.8 Å². The number of nitrogens with zero attached hydrogens (tertiary/aromatic N) is 1. The van der Waals surface area contributed by atoms with Crippen LogP contribution in [0.2, 0.25) is 5.02 Å². The highest BCUT2D eigenvalue weighted by Gasteiger charge is 2.15. The standard InChI is InChI=1S/C14H14ClNO3/c1-19-9-13-11(14(17)18)6-7-16(13)8-10-4-2-3-5-12(10)15/h2-7H,8-9H2,1H3,(H,17,18). The number of methoxy groups -OCH3 is 1. The molecule has 2 aromatic rings. The van der Waals surface area contributed by atoms with Gasteiger partial charge in [0.2, 0.25) is 0 Å². The number of rotatable bonds is 5. The molecule has 0 aliphatic heterocycles. The van der Waals surface area contributed by atoms with Crippen LogP contribution in [0.3, 0.4) is 0 Å². The number of carbonyl (C=O) groups is 1. The lowest BCUT2D eigenvalue weighted by atomic mass is 10.2. The van der Waals surface area contributed by atoms with E-state index >= 15 is 0 Å². The topological polar surface area (TPSA) is 51.5 Å². The summed E-state index contributed by atoms with van der Waals surface area (Å²) >= 11 is 6.11. The van der Waals surface area contributed by atoms with Crippen LogP contribution in [0.1, 0.15) is 21.6 Å². The number of ether oxygens (including phenoxy) is 1. The van der Waals surface area contributed by atoms with Crippen LogP contribution >= 0.6 is 11.6 Å². The summed E-state index contributed by atoms with van der Waals surface area (Å²) in [5.41, 5.74) is 1.83. The van der Waals surface area contributed by atoms with Gasteiger partial charge in [-0.25, -0.2) is 4.79 Å². The number of aromatic nitrogens is 1. The van der Waals surface area contributed by atoms with Crippen LogP contribution in [-0.2, 0) is 17.9 Å². The number of carboxylic acids is 1. The molecule has 1 aromatic heterocycles. The highest BCUT2D eigenvalue weighted by molar-refractivity contribution is 6.31. The highest BCUT2D eigenvalue weighted by atomic mass is 35.5. The van der Waals surface area contributed by atoms with Crippen molar-refractivity contribution in [3.63, 3.8) is 0 Å². The first-order chi connectivity index (χ1) is 9.13. The Hall–Kier alpha value is -1.78. The minimum atomic E-state index is -0.954. The normalized spacial score (nSPS) is 10.6. The molecule has 0 fully saturated rings. The predicted molar refractivity (Wildman–Crippen MR) is 72.7 cm³/mol. The van der Waals surface area contributed by atoms with Crippen LogP contribution in [0.15, 0.2) is 36.5 Å². The summed E-state index contributed by atoms with van der Waals surface area (Å²) < 4.78 is 6.91. The van der Waals surface area contributed by atoms with E-state index in [4.69, 9.17) is 21.4 Å². The predicted octanol–water partition coefficient (Wildman–Crippen LogP) is 3.03. The summed E-state index contributed by atoms with van der Waals surface area (Å²) in [6.07, 6.45) is 1.74. The summed E-state index contributed by atoms with van der Waals surface area (Å²) in [5, 5.41) is 9.79. The maximum absolute atomic E-state index is 11.1.